The lowest BCUT2D eigenvalue weighted by Gasteiger charge is -2.33. The van der Waals surface area contributed by atoms with Crippen molar-refractivity contribution in [2.75, 3.05) is 13.7 Å². The Morgan fingerprint density at radius 2 is 1.75 bits per heavy atom. The summed E-state index contributed by atoms with van der Waals surface area (Å²) >= 11 is 0. The highest BCUT2D eigenvalue weighted by atomic mass is 16.5. The monoisotopic (exact) mass is 225 g/mol. The van der Waals surface area contributed by atoms with Crippen molar-refractivity contribution in [3.8, 4) is 0 Å². The fraction of sp³-hybridized carbons (Fsp3) is 0.857. The van der Waals surface area contributed by atoms with Crippen molar-refractivity contribution in [2.24, 2.45) is 22.5 Å². The van der Waals surface area contributed by atoms with Gasteiger partial charge in [-0.3, -0.25) is 0 Å². The molecule has 1 aliphatic rings. The summed E-state index contributed by atoms with van der Waals surface area (Å²) in [5, 5.41) is 0. The van der Waals surface area contributed by atoms with Crippen LogP contribution in [0, 0.1) is 16.7 Å². The fourth-order valence-corrected chi connectivity index (χ4v) is 3.04. The van der Waals surface area contributed by atoms with Crippen molar-refractivity contribution in [1.82, 2.24) is 0 Å². The molecule has 94 valence electrons. The second kappa shape index (κ2) is 4.89. The third kappa shape index (κ3) is 3.08. The van der Waals surface area contributed by atoms with Crippen LogP contribution in [0.2, 0.25) is 0 Å². The Morgan fingerprint density at radius 1 is 1.25 bits per heavy atom. The van der Waals surface area contributed by atoms with E-state index in [1.165, 1.54) is 12.8 Å². The van der Waals surface area contributed by atoms with Crippen molar-refractivity contribution in [1.29, 1.82) is 0 Å². The van der Waals surface area contributed by atoms with Crippen LogP contribution in [-0.4, -0.2) is 19.8 Å². The zero-order valence-electron chi connectivity index (χ0n) is 11.4. The van der Waals surface area contributed by atoms with E-state index in [4.69, 9.17) is 10.5 Å². The van der Waals surface area contributed by atoms with Gasteiger partial charge in [-0.1, -0.05) is 39.8 Å². The largest absolute Gasteiger partial charge is 0.383 e. The Morgan fingerprint density at radius 3 is 2.19 bits per heavy atom. The standard InChI is InChI=1S/C14H27NO/c1-13(2)8-9-14(3,4)12(13)7-6-11(15)10-16-5/h6-7,11-12H,8-10,15H2,1-5H3. The molecule has 0 amide bonds. The fourth-order valence-electron chi connectivity index (χ4n) is 3.04. The summed E-state index contributed by atoms with van der Waals surface area (Å²) in [5.74, 6) is 0.614. The molecule has 0 heterocycles. The zero-order valence-corrected chi connectivity index (χ0v) is 11.4. The SMILES string of the molecule is COCC(N)C=CC1C(C)(C)CCC1(C)C. The van der Waals surface area contributed by atoms with Crippen LogP contribution < -0.4 is 5.73 Å². The minimum absolute atomic E-state index is 0.0252. The van der Waals surface area contributed by atoms with E-state index in [1.807, 2.05) is 0 Å². The maximum atomic E-state index is 5.93. The van der Waals surface area contributed by atoms with Crippen molar-refractivity contribution < 1.29 is 4.74 Å². The van der Waals surface area contributed by atoms with Gasteiger partial charge in [-0.15, -0.1) is 0 Å². The van der Waals surface area contributed by atoms with Crippen LogP contribution in [0.3, 0.4) is 0 Å². The average molecular weight is 225 g/mol. The molecule has 0 bridgehead atoms. The third-order valence-corrected chi connectivity index (χ3v) is 4.01. The van der Waals surface area contributed by atoms with E-state index < -0.39 is 0 Å². The Hall–Kier alpha value is -0.340. The first-order chi connectivity index (χ1) is 7.29. The summed E-state index contributed by atoms with van der Waals surface area (Å²) in [6, 6.07) is 0.0252. The van der Waals surface area contributed by atoms with Crippen molar-refractivity contribution in [2.45, 2.75) is 46.6 Å². The van der Waals surface area contributed by atoms with E-state index in [9.17, 15) is 0 Å². The molecule has 16 heavy (non-hydrogen) atoms. The summed E-state index contributed by atoms with van der Waals surface area (Å²) < 4.78 is 5.05. The lowest BCUT2D eigenvalue weighted by molar-refractivity contribution is 0.189. The van der Waals surface area contributed by atoms with Crippen LogP contribution in [-0.2, 0) is 4.74 Å². The summed E-state index contributed by atoms with van der Waals surface area (Å²) in [4.78, 5) is 0. The molecule has 1 aliphatic carbocycles. The minimum atomic E-state index is 0.0252. The van der Waals surface area contributed by atoms with Gasteiger partial charge in [0, 0.05) is 13.2 Å². The van der Waals surface area contributed by atoms with E-state index in [2.05, 4.69) is 39.8 Å². The minimum Gasteiger partial charge on any atom is -0.383 e. The molecule has 0 aliphatic heterocycles. The van der Waals surface area contributed by atoms with Gasteiger partial charge in [0.25, 0.3) is 0 Å². The quantitative estimate of drug-likeness (QED) is 0.747. The van der Waals surface area contributed by atoms with Crippen LogP contribution in [0.5, 0.6) is 0 Å². The third-order valence-electron chi connectivity index (χ3n) is 4.01. The number of allylic oxidation sites excluding steroid dienone is 1. The van der Waals surface area contributed by atoms with Gasteiger partial charge >= 0.3 is 0 Å². The Bertz CT molecular complexity index is 239. The summed E-state index contributed by atoms with van der Waals surface area (Å²) in [6.45, 7) is 10.0. The van der Waals surface area contributed by atoms with Gasteiger partial charge in [0.05, 0.1) is 6.61 Å². The van der Waals surface area contributed by atoms with Crippen LogP contribution in [0.4, 0.5) is 0 Å². The molecule has 1 saturated carbocycles. The summed E-state index contributed by atoms with van der Waals surface area (Å²) in [7, 11) is 1.69. The van der Waals surface area contributed by atoms with E-state index in [0.29, 0.717) is 23.4 Å². The average Bonchev–Trinajstić information content (AvgIpc) is 2.35. The molecule has 1 fully saturated rings. The van der Waals surface area contributed by atoms with E-state index in [1.54, 1.807) is 7.11 Å². The second-order valence-electron chi connectivity index (χ2n) is 6.46. The van der Waals surface area contributed by atoms with Gasteiger partial charge in [0.2, 0.25) is 0 Å². The molecule has 1 atom stereocenters. The first-order valence-corrected chi connectivity index (χ1v) is 6.22. The highest BCUT2D eigenvalue weighted by Gasteiger charge is 2.45. The van der Waals surface area contributed by atoms with E-state index in [0.717, 1.165) is 0 Å². The van der Waals surface area contributed by atoms with Crippen molar-refractivity contribution >= 4 is 0 Å². The Balaban J connectivity index is 2.70. The van der Waals surface area contributed by atoms with Gasteiger partial charge < -0.3 is 10.5 Å². The molecule has 0 saturated heterocycles. The van der Waals surface area contributed by atoms with Gasteiger partial charge in [-0.25, -0.2) is 0 Å². The van der Waals surface area contributed by atoms with Gasteiger partial charge in [-0.2, -0.15) is 0 Å². The smallest absolute Gasteiger partial charge is 0.0649 e. The predicted molar refractivity (Wildman–Crippen MR) is 69.3 cm³/mol. The first kappa shape index (κ1) is 13.7. The summed E-state index contributed by atoms with van der Waals surface area (Å²) in [5.41, 5.74) is 6.72. The van der Waals surface area contributed by atoms with E-state index in [-0.39, 0.29) is 6.04 Å². The molecule has 0 aromatic rings. The molecule has 1 unspecified atom stereocenters. The predicted octanol–water partition coefficient (Wildman–Crippen LogP) is 2.98. The lowest BCUT2D eigenvalue weighted by Crippen LogP contribution is -2.28. The Kier molecular flexibility index (Phi) is 4.19. The highest BCUT2D eigenvalue weighted by Crippen LogP contribution is 2.54. The molecule has 0 aromatic heterocycles. The zero-order chi connectivity index (χ0) is 12.4. The molecule has 2 nitrogen and oxygen atoms in total. The number of ether oxygens (including phenoxy) is 1. The Labute approximate surface area is 100 Å². The van der Waals surface area contributed by atoms with Crippen LogP contribution in [0.1, 0.15) is 40.5 Å². The molecule has 0 radical (unpaired) electrons. The van der Waals surface area contributed by atoms with Crippen LogP contribution in [0.15, 0.2) is 12.2 Å². The van der Waals surface area contributed by atoms with Crippen molar-refractivity contribution in [3.05, 3.63) is 12.2 Å². The van der Waals surface area contributed by atoms with Crippen molar-refractivity contribution in [3.63, 3.8) is 0 Å². The number of hydrogen-bond acceptors (Lipinski definition) is 2. The maximum Gasteiger partial charge on any atom is 0.0649 e. The molecule has 0 aromatic carbocycles. The lowest BCUT2D eigenvalue weighted by atomic mass is 9.72. The van der Waals surface area contributed by atoms with Gasteiger partial charge in [-0.05, 0) is 29.6 Å². The topological polar surface area (TPSA) is 35.2 Å². The molecule has 1 rings (SSSR count). The van der Waals surface area contributed by atoms with Gasteiger partial charge in [0.1, 0.15) is 0 Å². The first-order valence-electron chi connectivity index (χ1n) is 6.22. The number of nitrogens with two attached hydrogens (primary N) is 1. The molecule has 2 heteroatoms. The molecular formula is C14H27NO. The second-order valence-corrected chi connectivity index (χ2v) is 6.46. The van der Waals surface area contributed by atoms with Gasteiger partial charge in [0.15, 0.2) is 0 Å². The molecule has 2 N–H and O–H groups in total. The van der Waals surface area contributed by atoms with E-state index >= 15 is 0 Å². The molecule has 0 spiro atoms. The number of methoxy groups -OCH3 is 1. The summed E-state index contributed by atoms with van der Waals surface area (Å²) in [6.07, 6.45) is 7.03. The molecular weight excluding hydrogens is 198 g/mol. The number of hydrogen-bond donors (Lipinski definition) is 1. The normalized spacial score (nSPS) is 26.4. The number of rotatable bonds is 4. The maximum absolute atomic E-state index is 5.93. The van der Waals surface area contributed by atoms with Crippen LogP contribution >= 0.6 is 0 Å². The highest BCUT2D eigenvalue weighted by molar-refractivity contribution is 5.08. The van der Waals surface area contributed by atoms with Crippen LogP contribution in [0.25, 0.3) is 0 Å².